The highest BCUT2D eigenvalue weighted by atomic mass is 16.1. The lowest BCUT2D eigenvalue weighted by molar-refractivity contribution is 0.102. The molecule has 2 rings (SSSR count). The van der Waals surface area contributed by atoms with Crippen molar-refractivity contribution in [3.05, 3.63) is 41.2 Å². The summed E-state index contributed by atoms with van der Waals surface area (Å²) in [6.07, 6.45) is 9.79. The van der Waals surface area contributed by atoms with Crippen LogP contribution in [0.25, 0.3) is 0 Å². The Labute approximate surface area is 90.0 Å². The Morgan fingerprint density at radius 2 is 2.27 bits per heavy atom. The second-order valence-electron chi connectivity index (χ2n) is 3.99. The van der Waals surface area contributed by atoms with Gasteiger partial charge in [-0.25, -0.2) is 0 Å². The molecule has 0 amide bonds. The molecule has 2 nitrogen and oxygen atoms in total. The van der Waals surface area contributed by atoms with Crippen molar-refractivity contribution in [3.8, 4) is 0 Å². The van der Waals surface area contributed by atoms with E-state index in [1.807, 2.05) is 13.0 Å². The zero-order chi connectivity index (χ0) is 10.7. The van der Waals surface area contributed by atoms with E-state index in [9.17, 15) is 4.79 Å². The van der Waals surface area contributed by atoms with Crippen LogP contribution in [0.4, 0.5) is 0 Å². The first-order chi connectivity index (χ1) is 7.29. The average Bonchev–Trinajstić information content (AvgIpc) is 2.30. The molecule has 0 atom stereocenters. The van der Waals surface area contributed by atoms with E-state index < -0.39 is 0 Å². The van der Waals surface area contributed by atoms with Gasteiger partial charge < -0.3 is 0 Å². The fraction of sp³-hybridized carbons (Fsp3) is 0.385. The molecule has 0 fully saturated rings. The van der Waals surface area contributed by atoms with Crippen LogP contribution in [0, 0.1) is 6.92 Å². The highest BCUT2D eigenvalue weighted by molar-refractivity contribution is 6.09. The van der Waals surface area contributed by atoms with Crippen LogP contribution in [-0.2, 0) is 0 Å². The van der Waals surface area contributed by atoms with E-state index in [4.69, 9.17) is 0 Å². The predicted molar refractivity (Wildman–Crippen MR) is 59.9 cm³/mol. The number of hydrogen-bond acceptors (Lipinski definition) is 2. The molecule has 0 aliphatic heterocycles. The van der Waals surface area contributed by atoms with Gasteiger partial charge in [-0.1, -0.05) is 6.08 Å². The number of ketones is 1. The summed E-state index contributed by atoms with van der Waals surface area (Å²) in [5.41, 5.74) is 2.74. The molecule has 0 radical (unpaired) electrons. The minimum absolute atomic E-state index is 0.167. The molecule has 1 aliphatic rings. The maximum Gasteiger partial charge on any atom is 0.190 e. The van der Waals surface area contributed by atoms with Crippen LogP contribution in [0.3, 0.4) is 0 Å². The minimum atomic E-state index is 0.167. The number of carbonyl (C=O) groups excluding carboxylic acids is 1. The molecule has 1 aromatic rings. The number of Topliss-reactive ketones (excluding diaryl/α,β-unsaturated/α-hetero) is 1. The number of hydrogen-bond donors (Lipinski definition) is 0. The lowest BCUT2D eigenvalue weighted by Gasteiger charge is -2.12. The molecule has 15 heavy (non-hydrogen) atoms. The summed E-state index contributed by atoms with van der Waals surface area (Å²) in [6.45, 7) is 1.96. The Morgan fingerprint density at radius 1 is 1.40 bits per heavy atom. The second kappa shape index (κ2) is 4.39. The fourth-order valence-electron chi connectivity index (χ4n) is 1.92. The second-order valence-corrected chi connectivity index (χ2v) is 3.99. The summed E-state index contributed by atoms with van der Waals surface area (Å²) in [5, 5.41) is 0. The van der Waals surface area contributed by atoms with Gasteiger partial charge in [0.25, 0.3) is 0 Å². The van der Waals surface area contributed by atoms with Gasteiger partial charge >= 0.3 is 0 Å². The smallest absolute Gasteiger partial charge is 0.190 e. The van der Waals surface area contributed by atoms with Gasteiger partial charge in [0.1, 0.15) is 0 Å². The lowest BCUT2D eigenvalue weighted by Crippen LogP contribution is -2.08. The van der Waals surface area contributed by atoms with E-state index in [2.05, 4.69) is 11.1 Å². The van der Waals surface area contributed by atoms with Crippen LogP contribution < -0.4 is 0 Å². The third kappa shape index (κ3) is 2.14. The first-order valence-corrected chi connectivity index (χ1v) is 5.43. The topological polar surface area (TPSA) is 30.0 Å². The third-order valence-corrected chi connectivity index (χ3v) is 2.87. The normalized spacial score (nSPS) is 15.9. The van der Waals surface area contributed by atoms with E-state index in [-0.39, 0.29) is 5.78 Å². The van der Waals surface area contributed by atoms with Gasteiger partial charge in [0, 0.05) is 18.0 Å². The SMILES string of the molecule is Cc1ccncc1C(=O)C1=CCCCC1. The molecular weight excluding hydrogens is 186 g/mol. The quantitative estimate of drug-likeness (QED) is 0.688. The van der Waals surface area contributed by atoms with Crippen LogP contribution in [0.15, 0.2) is 30.1 Å². The molecule has 78 valence electrons. The van der Waals surface area contributed by atoms with E-state index in [1.165, 1.54) is 6.42 Å². The van der Waals surface area contributed by atoms with Gasteiger partial charge in [-0.15, -0.1) is 0 Å². The van der Waals surface area contributed by atoms with Crippen molar-refractivity contribution < 1.29 is 4.79 Å². The minimum Gasteiger partial charge on any atom is -0.289 e. The molecular formula is C13H15NO. The van der Waals surface area contributed by atoms with E-state index in [0.717, 1.165) is 36.0 Å². The lowest BCUT2D eigenvalue weighted by atomic mass is 9.92. The van der Waals surface area contributed by atoms with Crippen molar-refractivity contribution in [2.75, 3.05) is 0 Å². The molecule has 1 heterocycles. The standard InChI is InChI=1S/C13H15NO/c1-10-7-8-14-9-12(10)13(15)11-5-3-2-4-6-11/h5,7-9H,2-4,6H2,1H3. The van der Waals surface area contributed by atoms with Gasteiger partial charge in [0.2, 0.25) is 0 Å². The number of aryl methyl sites for hydroxylation is 1. The number of nitrogens with zero attached hydrogens (tertiary/aromatic N) is 1. The molecule has 2 heteroatoms. The van der Waals surface area contributed by atoms with Crippen molar-refractivity contribution in [2.45, 2.75) is 32.6 Å². The highest BCUT2D eigenvalue weighted by Gasteiger charge is 2.15. The first-order valence-electron chi connectivity index (χ1n) is 5.43. The highest BCUT2D eigenvalue weighted by Crippen LogP contribution is 2.22. The van der Waals surface area contributed by atoms with E-state index in [1.54, 1.807) is 12.4 Å². The van der Waals surface area contributed by atoms with Crippen molar-refractivity contribution in [2.24, 2.45) is 0 Å². The van der Waals surface area contributed by atoms with Gasteiger partial charge in [0.05, 0.1) is 0 Å². The number of carbonyl (C=O) groups is 1. The summed E-state index contributed by atoms with van der Waals surface area (Å²) in [6, 6.07) is 1.89. The van der Waals surface area contributed by atoms with E-state index >= 15 is 0 Å². The number of aromatic nitrogens is 1. The number of pyridine rings is 1. The molecule has 0 aromatic carbocycles. The fourth-order valence-corrected chi connectivity index (χ4v) is 1.92. The Kier molecular flexibility index (Phi) is 2.95. The molecule has 0 bridgehead atoms. The molecule has 0 N–H and O–H groups in total. The molecule has 0 saturated carbocycles. The van der Waals surface area contributed by atoms with E-state index in [0.29, 0.717) is 0 Å². The summed E-state index contributed by atoms with van der Waals surface area (Å²) >= 11 is 0. The van der Waals surface area contributed by atoms with Crippen LogP contribution in [-0.4, -0.2) is 10.8 Å². The van der Waals surface area contributed by atoms with Gasteiger partial charge in [-0.05, 0) is 49.8 Å². The Hall–Kier alpha value is -1.44. The number of rotatable bonds is 2. The summed E-state index contributed by atoms with van der Waals surface area (Å²) in [4.78, 5) is 16.1. The maximum atomic E-state index is 12.1. The van der Waals surface area contributed by atoms with Crippen LogP contribution in [0.2, 0.25) is 0 Å². The molecule has 0 unspecified atom stereocenters. The zero-order valence-electron chi connectivity index (χ0n) is 8.99. The van der Waals surface area contributed by atoms with Crippen molar-refractivity contribution in [1.82, 2.24) is 4.98 Å². The predicted octanol–water partition coefficient (Wildman–Crippen LogP) is 3.07. The van der Waals surface area contributed by atoms with Crippen molar-refractivity contribution in [3.63, 3.8) is 0 Å². The molecule has 1 aliphatic carbocycles. The zero-order valence-corrected chi connectivity index (χ0v) is 8.99. The van der Waals surface area contributed by atoms with Crippen LogP contribution >= 0.6 is 0 Å². The molecule has 0 spiro atoms. The van der Waals surface area contributed by atoms with Gasteiger partial charge in [0.15, 0.2) is 5.78 Å². The van der Waals surface area contributed by atoms with Gasteiger partial charge in [-0.3, -0.25) is 9.78 Å². The van der Waals surface area contributed by atoms with Crippen molar-refractivity contribution >= 4 is 5.78 Å². The monoisotopic (exact) mass is 201 g/mol. The van der Waals surface area contributed by atoms with Gasteiger partial charge in [-0.2, -0.15) is 0 Å². The third-order valence-electron chi connectivity index (χ3n) is 2.87. The molecule has 0 saturated heterocycles. The Balaban J connectivity index is 2.28. The summed E-state index contributed by atoms with van der Waals surface area (Å²) in [5.74, 6) is 0.167. The summed E-state index contributed by atoms with van der Waals surface area (Å²) in [7, 11) is 0. The molecule has 1 aromatic heterocycles. The van der Waals surface area contributed by atoms with Crippen LogP contribution in [0.5, 0.6) is 0 Å². The maximum absolute atomic E-state index is 12.1. The van der Waals surface area contributed by atoms with Crippen molar-refractivity contribution in [1.29, 1.82) is 0 Å². The van der Waals surface area contributed by atoms with Crippen LogP contribution in [0.1, 0.15) is 41.6 Å². The first kappa shape index (κ1) is 10.1. The average molecular weight is 201 g/mol. The number of allylic oxidation sites excluding steroid dienone is 2. The largest absolute Gasteiger partial charge is 0.289 e. The summed E-state index contributed by atoms with van der Waals surface area (Å²) < 4.78 is 0. The Morgan fingerprint density at radius 3 is 2.93 bits per heavy atom. The Bertz CT molecular complexity index is 407.